The molecule has 4 rings (SSSR count). The summed E-state index contributed by atoms with van der Waals surface area (Å²) < 4.78 is 13.6. The molecule has 2 heterocycles. The molecule has 1 aliphatic rings. The van der Waals surface area contributed by atoms with E-state index >= 15 is 0 Å². The summed E-state index contributed by atoms with van der Waals surface area (Å²) in [6.45, 7) is 3.51. The average Bonchev–Trinajstić information content (AvgIpc) is 2.88. The molecule has 0 saturated heterocycles. The van der Waals surface area contributed by atoms with E-state index in [1.54, 1.807) is 12.0 Å². The zero-order valence-corrected chi connectivity index (χ0v) is 20.9. The molecule has 0 aliphatic carbocycles. The Hall–Kier alpha value is -2.17. The van der Waals surface area contributed by atoms with Crippen LogP contribution in [0.2, 0.25) is 0 Å². The molecule has 7 nitrogen and oxygen atoms in total. The van der Waals surface area contributed by atoms with Crippen LogP contribution in [-0.2, 0) is 4.79 Å². The summed E-state index contributed by atoms with van der Waals surface area (Å²) >= 11 is 8.49. The summed E-state index contributed by atoms with van der Waals surface area (Å²) in [7, 11) is 1.58. The molecule has 1 atom stereocenters. The van der Waals surface area contributed by atoms with Gasteiger partial charge < -0.3 is 9.47 Å². The minimum Gasteiger partial charge on any atom is -0.496 e. The number of carbonyl (C=O) groups is 1. The highest BCUT2D eigenvalue weighted by molar-refractivity contribution is 9.10. The number of hydrogen-bond donors (Lipinski definition) is 0. The maximum absolute atomic E-state index is 12.9. The molecule has 0 spiro atoms. The molecule has 3 aromatic rings. The molecule has 0 bridgehead atoms. The Bertz CT molecular complexity index is 1160. The smallest absolute Gasteiger partial charge is 0.247 e. The highest BCUT2D eigenvalue weighted by atomic mass is 79.9. The van der Waals surface area contributed by atoms with E-state index in [1.165, 1.54) is 18.7 Å². The fourth-order valence-corrected chi connectivity index (χ4v) is 4.61. The van der Waals surface area contributed by atoms with Gasteiger partial charge in [-0.3, -0.25) is 9.69 Å². The first-order chi connectivity index (χ1) is 14.9. The number of halogens is 2. The van der Waals surface area contributed by atoms with E-state index in [9.17, 15) is 4.79 Å². The first-order valence-corrected chi connectivity index (χ1v) is 12.0. The van der Waals surface area contributed by atoms with Crippen molar-refractivity contribution in [2.24, 2.45) is 0 Å². The molecule has 10 heteroatoms. The summed E-state index contributed by atoms with van der Waals surface area (Å²) in [4.78, 5) is 19.1. The Balaban J connectivity index is 2.00. The zero-order chi connectivity index (χ0) is 22.1. The van der Waals surface area contributed by atoms with Crippen molar-refractivity contribution in [3.05, 3.63) is 50.9 Å². The van der Waals surface area contributed by atoms with Crippen LogP contribution in [0.25, 0.3) is 11.3 Å². The SMILES string of the molecule is CCSc1nnc2c(n1)O[C@H](c1cc(Br)ccc1OC)N(C(C)=O)c1ccc(Br)cc1-2. The van der Waals surface area contributed by atoms with Crippen LogP contribution in [0.3, 0.4) is 0 Å². The Kier molecular flexibility index (Phi) is 6.49. The highest BCUT2D eigenvalue weighted by Gasteiger charge is 2.36. The summed E-state index contributed by atoms with van der Waals surface area (Å²) in [5.74, 6) is 1.50. The van der Waals surface area contributed by atoms with Crippen molar-refractivity contribution in [3.8, 4) is 22.9 Å². The third kappa shape index (κ3) is 4.28. The van der Waals surface area contributed by atoms with Gasteiger partial charge in [-0.2, -0.15) is 4.98 Å². The van der Waals surface area contributed by atoms with Crippen LogP contribution in [0.5, 0.6) is 11.6 Å². The number of aromatic nitrogens is 3. The first kappa shape index (κ1) is 22.0. The van der Waals surface area contributed by atoms with Gasteiger partial charge in [-0.1, -0.05) is 50.5 Å². The number of anilines is 1. The van der Waals surface area contributed by atoms with E-state index in [1.807, 2.05) is 43.3 Å². The number of rotatable bonds is 4. The lowest BCUT2D eigenvalue weighted by Gasteiger charge is -2.30. The number of hydrogen-bond acceptors (Lipinski definition) is 7. The third-order valence-electron chi connectivity index (χ3n) is 4.64. The topological polar surface area (TPSA) is 77.4 Å². The van der Waals surface area contributed by atoms with Crippen LogP contribution < -0.4 is 14.4 Å². The molecule has 0 fully saturated rings. The number of methoxy groups -OCH3 is 1. The monoisotopic (exact) mass is 564 g/mol. The van der Waals surface area contributed by atoms with Crippen molar-refractivity contribution in [2.45, 2.75) is 25.2 Å². The normalized spacial score (nSPS) is 14.9. The van der Waals surface area contributed by atoms with Crippen molar-refractivity contribution in [1.82, 2.24) is 15.2 Å². The number of thioether (sulfide) groups is 1. The number of nitrogens with zero attached hydrogens (tertiary/aromatic N) is 4. The standard InChI is InChI=1S/C21H18Br2N4O3S/c1-4-31-21-24-19-18(25-26-21)14-9-12(22)5-7-16(14)27(11(2)28)20(30-19)15-10-13(23)6-8-17(15)29-3/h5-10,20H,4H2,1-3H3/t20-/m1/s1. The van der Waals surface area contributed by atoms with Crippen LogP contribution in [0, 0.1) is 0 Å². The Labute approximate surface area is 200 Å². The predicted molar refractivity (Wildman–Crippen MR) is 127 cm³/mol. The number of benzene rings is 2. The van der Waals surface area contributed by atoms with Gasteiger partial charge >= 0.3 is 0 Å². The van der Waals surface area contributed by atoms with Crippen molar-refractivity contribution in [1.29, 1.82) is 0 Å². The number of amides is 1. The molecule has 1 aliphatic heterocycles. The molecule has 1 aromatic heterocycles. The largest absolute Gasteiger partial charge is 0.496 e. The first-order valence-electron chi connectivity index (χ1n) is 9.40. The molecule has 0 saturated carbocycles. The molecule has 31 heavy (non-hydrogen) atoms. The van der Waals surface area contributed by atoms with Crippen molar-refractivity contribution >= 4 is 55.2 Å². The Morgan fingerprint density at radius 1 is 1.19 bits per heavy atom. The summed E-state index contributed by atoms with van der Waals surface area (Å²) in [5.41, 5.74) is 2.49. The van der Waals surface area contributed by atoms with Crippen molar-refractivity contribution in [3.63, 3.8) is 0 Å². The van der Waals surface area contributed by atoms with Gasteiger partial charge in [-0.25, -0.2) is 0 Å². The van der Waals surface area contributed by atoms with E-state index in [0.29, 0.717) is 39.3 Å². The van der Waals surface area contributed by atoms with E-state index in [4.69, 9.17) is 9.47 Å². The Morgan fingerprint density at radius 2 is 1.94 bits per heavy atom. The lowest BCUT2D eigenvalue weighted by Crippen LogP contribution is -2.36. The number of carbonyl (C=O) groups excluding carboxylic acids is 1. The van der Waals surface area contributed by atoms with Gasteiger partial charge in [0.25, 0.3) is 0 Å². The minimum absolute atomic E-state index is 0.195. The van der Waals surface area contributed by atoms with Crippen LogP contribution in [0.4, 0.5) is 5.69 Å². The van der Waals surface area contributed by atoms with Gasteiger partial charge in [0.15, 0.2) is 5.69 Å². The maximum Gasteiger partial charge on any atom is 0.247 e. The fourth-order valence-electron chi connectivity index (χ4n) is 3.37. The van der Waals surface area contributed by atoms with Crippen LogP contribution in [-0.4, -0.2) is 34.0 Å². The van der Waals surface area contributed by atoms with Crippen LogP contribution >= 0.6 is 43.6 Å². The van der Waals surface area contributed by atoms with E-state index < -0.39 is 6.23 Å². The van der Waals surface area contributed by atoms with E-state index in [2.05, 4.69) is 47.0 Å². The average molecular weight is 566 g/mol. The van der Waals surface area contributed by atoms with Crippen molar-refractivity contribution < 1.29 is 14.3 Å². The quantitative estimate of drug-likeness (QED) is 0.379. The molecular formula is C21H18Br2N4O3S. The number of ether oxygens (including phenoxy) is 2. The molecule has 160 valence electrons. The van der Waals surface area contributed by atoms with Crippen molar-refractivity contribution in [2.75, 3.05) is 17.8 Å². The molecule has 0 unspecified atom stereocenters. The maximum atomic E-state index is 12.9. The van der Waals surface area contributed by atoms with Crippen LogP contribution in [0.1, 0.15) is 25.6 Å². The van der Waals surface area contributed by atoms with Gasteiger partial charge in [-0.15, -0.1) is 10.2 Å². The molecule has 1 amide bonds. The van der Waals surface area contributed by atoms with Gasteiger partial charge in [0.1, 0.15) is 5.75 Å². The van der Waals surface area contributed by atoms with Gasteiger partial charge in [0.2, 0.25) is 23.2 Å². The minimum atomic E-state index is -0.817. The molecule has 0 radical (unpaired) electrons. The number of fused-ring (bicyclic) bond motifs is 3. The fraction of sp³-hybridized carbons (Fsp3) is 0.238. The van der Waals surface area contributed by atoms with E-state index in [-0.39, 0.29) is 5.91 Å². The van der Waals surface area contributed by atoms with E-state index in [0.717, 1.165) is 14.7 Å². The second-order valence-corrected chi connectivity index (χ2v) is 9.65. The lowest BCUT2D eigenvalue weighted by atomic mass is 10.1. The Morgan fingerprint density at radius 3 is 2.65 bits per heavy atom. The van der Waals surface area contributed by atoms with Gasteiger partial charge in [0, 0.05) is 21.4 Å². The third-order valence-corrected chi connectivity index (χ3v) is 6.34. The molecule has 0 N–H and O–H groups in total. The second kappa shape index (κ2) is 9.13. The summed E-state index contributed by atoms with van der Waals surface area (Å²) in [6.07, 6.45) is -0.817. The second-order valence-electron chi connectivity index (χ2n) is 6.59. The zero-order valence-electron chi connectivity index (χ0n) is 16.9. The summed E-state index contributed by atoms with van der Waals surface area (Å²) in [5, 5.41) is 9.15. The molecular weight excluding hydrogens is 548 g/mol. The summed E-state index contributed by atoms with van der Waals surface area (Å²) in [6, 6.07) is 11.2. The van der Waals surface area contributed by atoms with Gasteiger partial charge in [0.05, 0.1) is 18.4 Å². The lowest BCUT2D eigenvalue weighted by molar-refractivity contribution is -0.118. The predicted octanol–water partition coefficient (Wildman–Crippen LogP) is 5.63. The van der Waals surface area contributed by atoms with Crippen LogP contribution in [0.15, 0.2) is 50.5 Å². The van der Waals surface area contributed by atoms with Gasteiger partial charge in [-0.05, 0) is 42.2 Å². The highest BCUT2D eigenvalue weighted by Crippen LogP contribution is 2.46. The molecule has 2 aromatic carbocycles.